The van der Waals surface area contributed by atoms with Crippen molar-refractivity contribution in [3.8, 4) is 0 Å². The number of hydrogen-bond acceptors (Lipinski definition) is 5. The fraction of sp³-hybridized carbons (Fsp3) is 0.0526. The molecule has 0 atom stereocenters. The first-order valence-corrected chi connectivity index (χ1v) is 9.63. The van der Waals surface area contributed by atoms with E-state index in [1.807, 2.05) is 12.1 Å². The first-order chi connectivity index (χ1) is 13.4. The Hall–Kier alpha value is -2.61. The number of urea groups is 1. The van der Waals surface area contributed by atoms with Crippen molar-refractivity contribution < 1.29 is 9.59 Å². The van der Waals surface area contributed by atoms with Crippen molar-refractivity contribution in [3.05, 3.63) is 76.0 Å². The Bertz CT molecular complexity index is 1030. The highest BCUT2D eigenvalue weighted by Gasteiger charge is 2.14. The van der Waals surface area contributed by atoms with Crippen molar-refractivity contribution in [2.24, 2.45) is 0 Å². The smallest absolute Gasteiger partial charge is 0.291 e. The zero-order valence-corrected chi connectivity index (χ0v) is 16.9. The summed E-state index contributed by atoms with van der Waals surface area (Å²) in [6.07, 6.45) is 1.42. The first kappa shape index (κ1) is 20.1. The average molecular weight is 433 g/mol. The molecule has 1 heterocycles. The molecule has 1 aromatic heterocycles. The zero-order chi connectivity index (χ0) is 20.1. The van der Waals surface area contributed by atoms with Gasteiger partial charge in [0, 0.05) is 9.92 Å². The van der Waals surface area contributed by atoms with Gasteiger partial charge in [0.1, 0.15) is 5.03 Å². The molecule has 0 saturated carbocycles. The molecule has 0 aliphatic heterocycles. The predicted octanol–water partition coefficient (Wildman–Crippen LogP) is 5.20. The standard InChI is InChI=1S/C19H14Cl2N4O2S/c1-11-18(28-13-8-6-12(20)7-9-13)22-10-16(23-11)24-19(27)25-17(26)14-4-2-3-5-15(14)21/h2-10H,1H3,(H2,23,24,25,26,27). The van der Waals surface area contributed by atoms with Gasteiger partial charge in [-0.3, -0.25) is 15.4 Å². The summed E-state index contributed by atoms with van der Waals surface area (Å²) in [6.45, 7) is 1.78. The van der Waals surface area contributed by atoms with Crippen LogP contribution in [0.3, 0.4) is 0 Å². The summed E-state index contributed by atoms with van der Waals surface area (Å²) in [5.41, 5.74) is 0.839. The van der Waals surface area contributed by atoms with Crippen LogP contribution in [-0.2, 0) is 0 Å². The normalized spacial score (nSPS) is 10.4. The lowest BCUT2D eigenvalue weighted by Gasteiger charge is -2.09. The van der Waals surface area contributed by atoms with E-state index in [1.54, 1.807) is 37.3 Å². The molecular formula is C19H14Cl2N4O2S. The number of rotatable bonds is 4. The molecular weight excluding hydrogens is 419 g/mol. The van der Waals surface area contributed by atoms with Crippen molar-refractivity contribution >= 4 is 52.7 Å². The van der Waals surface area contributed by atoms with Crippen LogP contribution in [-0.4, -0.2) is 21.9 Å². The van der Waals surface area contributed by atoms with Crippen molar-refractivity contribution in [2.75, 3.05) is 5.32 Å². The van der Waals surface area contributed by atoms with Crippen molar-refractivity contribution in [2.45, 2.75) is 16.8 Å². The van der Waals surface area contributed by atoms with Crippen LogP contribution in [0.4, 0.5) is 10.6 Å². The van der Waals surface area contributed by atoms with Crippen LogP contribution in [0.15, 0.2) is 64.6 Å². The molecule has 9 heteroatoms. The van der Waals surface area contributed by atoms with Gasteiger partial charge in [0.05, 0.1) is 22.5 Å². The van der Waals surface area contributed by atoms with Gasteiger partial charge in [-0.2, -0.15) is 0 Å². The number of nitrogens with zero attached hydrogens (tertiary/aromatic N) is 2. The van der Waals surface area contributed by atoms with E-state index in [0.717, 1.165) is 4.90 Å². The van der Waals surface area contributed by atoms with Crippen molar-refractivity contribution in [1.82, 2.24) is 15.3 Å². The summed E-state index contributed by atoms with van der Waals surface area (Å²) < 4.78 is 0. The Balaban J connectivity index is 1.63. The van der Waals surface area contributed by atoms with E-state index in [2.05, 4.69) is 20.6 Å². The highest BCUT2D eigenvalue weighted by atomic mass is 35.5. The number of aryl methyl sites for hydroxylation is 1. The molecule has 0 aliphatic carbocycles. The van der Waals surface area contributed by atoms with Crippen LogP contribution in [0.25, 0.3) is 0 Å². The number of amides is 3. The number of carbonyl (C=O) groups excluding carboxylic acids is 2. The van der Waals surface area contributed by atoms with Crippen molar-refractivity contribution in [3.63, 3.8) is 0 Å². The molecule has 0 unspecified atom stereocenters. The van der Waals surface area contributed by atoms with Crippen LogP contribution in [0, 0.1) is 6.92 Å². The molecule has 0 fully saturated rings. The van der Waals surface area contributed by atoms with E-state index in [4.69, 9.17) is 23.2 Å². The maximum atomic E-state index is 12.1. The molecule has 2 aromatic carbocycles. The maximum absolute atomic E-state index is 12.1. The quantitative estimate of drug-likeness (QED) is 0.591. The second-order valence-electron chi connectivity index (χ2n) is 5.59. The van der Waals surface area contributed by atoms with Gasteiger partial charge in [0.2, 0.25) is 0 Å². The lowest BCUT2D eigenvalue weighted by atomic mass is 10.2. The molecule has 3 rings (SSSR count). The highest BCUT2D eigenvalue weighted by Crippen LogP contribution is 2.29. The third-order valence-electron chi connectivity index (χ3n) is 3.52. The Morgan fingerprint density at radius 3 is 2.43 bits per heavy atom. The third-order valence-corrected chi connectivity index (χ3v) is 5.20. The number of carbonyl (C=O) groups is 2. The van der Waals surface area contributed by atoms with Crippen LogP contribution in [0.1, 0.15) is 16.1 Å². The molecule has 0 radical (unpaired) electrons. The van der Waals surface area contributed by atoms with Gasteiger partial charge in [0.25, 0.3) is 5.91 Å². The molecule has 2 N–H and O–H groups in total. The molecule has 3 amide bonds. The van der Waals surface area contributed by atoms with Gasteiger partial charge in [-0.05, 0) is 43.3 Å². The molecule has 0 bridgehead atoms. The highest BCUT2D eigenvalue weighted by molar-refractivity contribution is 7.99. The minimum absolute atomic E-state index is 0.205. The van der Waals surface area contributed by atoms with E-state index in [9.17, 15) is 9.59 Å². The van der Waals surface area contributed by atoms with Crippen LogP contribution >= 0.6 is 35.0 Å². The van der Waals surface area contributed by atoms with E-state index >= 15 is 0 Å². The van der Waals surface area contributed by atoms with Crippen LogP contribution in [0.5, 0.6) is 0 Å². The van der Waals surface area contributed by atoms with Crippen LogP contribution in [0.2, 0.25) is 10.0 Å². The summed E-state index contributed by atoms with van der Waals surface area (Å²) in [5, 5.41) is 6.30. The summed E-state index contributed by atoms with van der Waals surface area (Å²) in [6, 6.07) is 13.1. The second kappa shape index (κ2) is 9.05. The Morgan fingerprint density at radius 2 is 1.75 bits per heavy atom. The minimum atomic E-state index is -0.725. The maximum Gasteiger partial charge on any atom is 0.327 e. The Morgan fingerprint density at radius 1 is 1.04 bits per heavy atom. The van der Waals surface area contributed by atoms with E-state index in [0.29, 0.717) is 15.7 Å². The van der Waals surface area contributed by atoms with Gasteiger partial charge < -0.3 is 0 Å². The molecule has 0 spiro atoms. The third kappa shape index (κ3) is 5.22. The molecule has 3 aromatic rings. The molecule has 142 valence electrons. The largest absolute Gasteiger partial charge is 0.327 e. The summed E-state index contributed by atoms with van der Waals surface area (Å²) in [7, 11) is 0. The number of benzene rings is 2. The number of nitrogens with one attached hydrogen (secondary N) is 2. The van der Waals surface area contributed by atoms with E-state index in [-0.39, 0.29) is 16.4 Å². The molecule has 28 heavy (non-hydrogen) atoms. The van der Waals surface area contributed by atoms with Gasteiger partial charge in [0.15, 0.2) is 5.82 Å². The van der Waals surface area contributed by atoms with E-state index in [1.165, 1.54) is 24.0 Å². The van der Waals surface area contributed by atoms with Gasteiger partial charge in [-0.25, -0.2) is 14.8 Å². The SMILES string of the molecule is Cc1nc(NC(=O)NC(=O)c2ccccc2Cl)cnc1Sc1ccc(Cl)cc1. The van der Waals surface area contributed by atoms with Gasteiger partial charge in [-0.15, -0.1) is 0 Å². The fourth-order valence-corrected chi connectivity index (χ4v) is 3.35. The van der Waals surface area contributed by atoms with E-state index < -0.39 is 11.9 Å². The molecule has 6 nitrogen and oxygen atoms in total. The lowest BCUT2D eigenvalue weighted by Crippen LogP contribution is -2.34. The first-order valence-electron chi connectivity index (χ1n) is 8.06. The fourth-order valence-electron chi connectivity index (χ4n) is 2.21. The lowest BCUT2D eigenvalue weighted by molar-refractivity contribution is 0.0967. The monoisotopic (exact) mass is 432 g/mol. The number of imide groups is 1. The number of hydrogen-bond donors (Lipinski definition) is 2. The van der Waals surface area contributed by atoms with Gasteiger partial charge >= 0.3 is 6.03 Å². The number of aromatic nitrogens is 2. The van der Waals surface area contributed by atoms with Gasteiger partial charge in [-0.1, -0.05) is 47.1 Å². The predicted molar refractivity (Wildman–Crippen MR) is 110 cm³/mol. The molecule has 0 saturated heterocycles. The van der Waals surface area contributed by atoms with Crippen LogP contribution < -0.4 is 10.6 Å². The number of halogens is 2. The topological polar surface area (TPSA) is 84.0 Å². The summed E-state index contributed by atoms with van der Waals surface area (Å²) in [4.78, 5) is 33.8. The molecule has 0 aliphatic rings. The van der Waals surface area contributed by atoms with Crippen molar-refractivity contribution in [1.29, 1.82) is 0 Å². The summed E-state index contributed by atoms with van der Waals surface area (Å²) >= 11 is 13.3. The number of anilines is 1. The minimum Gasteiger partial charge on any atom is -0.291 e. The average Bonchev–Trinajstić information content (AvgIpc) is 2.66. The summed E-state index contributed by atoms with van der Waals surface area (Å²) in [5.74, 6) is -0.384. The Labute approximate surface area is 175 Å². The second-order valence-corrected chi connectivity index (χ2v) is 7.50. The Kier molecular flexibility index (Phi) is 6.51. The zero-order valence-electron chi connectivity index (χ0n) is 14.6.